The van der Waals surface area contributed by atoms with E-state index in [0.29, 0.717) is 11.1 Å². The van der Waals surface area contributed by atoms with Gasteiger partial charge in [-0.25, -0.2) is 9.78 Å². The van der Waals surface area contributed by atoms with Crippen LogP contribution < -0.4 is 0 Å². The number of halogens is 1. The summed E-state index contributed by atoms with van der Waals surface area (Å²) < 4.78 is 5.40. The highest BCUT2D eigenvalue weighted by Gasteiger charge is 2.27. The van der Waals surface area contributed by atoms with Gasteiger partial charge in [-0.3, -0.25) is 0 Å². The number of piperidine rings is 1. The van der Waals surface area contributed by atoms with Crippen molar-refractivity contribution in [1.29, 1.82) is 0 Å². The number of ether oxygens (including phenoxy) is 1. The molecule has 1 aliphatic heterocycles. The third-order valence-electron chi connectivity index (χ3n) is 3.54. The Hall–Kier alpha value is -1.29. The lowest BCUT2D eigenvalue weighted by Crippen LogP contribution is -2.42. The summed E-state index contributed by atoms with van der Waals surface area (Å²) in [6, 6.07) is 5.72. The zero-order valence-electron chi connectivity index (χ0n) is 12.9. The number of amides is 1. The van der Waals surface area contributed by atoms with Gasteiger partial charge in [-0.15, -0.1) is 0 Å². The predicted molar refractivity (Wildman–Crippen MR) is 83.5 cm³/mol. The number of aromatic nitrogens is 1. The van der Waals surface area contributed by atoms with Crippen LogP contribution in [0.3, 0.4) is 0 Å². The smallest absolute Gasteiger partial charge is 0.410 e. The predicted octanol–water partition coefficient (Wildman–Crippen LogP) is 3.92. The first-order valence-corrected chi connectivity index (χ1v) is 7.80. The van der Waals surface area contributed by atoms with E-state index in [0.717, 1.165) is 38.0 Å². The van der Waals surface area contributed by atoms with Gasteiger partial charge in [0.1, 0.15) is 10.8 Å². The molecule has 2 rings (SSSR count). The van der Waals surface area contributed by atoms with Gasteiger partial charge in [-0.1, -0.05) is 17.7 Å². The number of hydrogen-bond acceptors (Lipinski definition) is 3. The van der Waals surface area contributed by atoms with Crippen LogP contribution in [-0.2, 0) is 11.2 Å². The maximum Gasteiger partial charge on any atom is 0.410 e. The van der Waals surface area contributed by atoms with Gasteiger partial charge in [-0.2, -0.15) is 0 Å². The average molecular weight is 311 g/mol. The number of pyridine rings is 1. The lowest BCUT2D eigenvalue weighted by atomic mass is 9.92. The monoisotopic (exact) mass is 310 g/mol. The Balaban J connectivity index is 1.82. The van der Waals surface area contributed by atoms with Crippen LogP contribution >= 0.6 is 11.6 Å². The van der Waals surface area contributed by atoms with E-state index >= 15 is 0 Å². The molecule has 0 bridgehead atoms. The largest absolute Gasteiger partial charge is 0.444 e. The van der Waals surface area contributed by atoms with E-state index in [1.54, 1.807) is 11.0 Å². The molecule has 4 nitrogen and oxygen atoms in total. The molecule has 0 N–H and O–H groups in total. The van der Waals surface area contributed by atoms with Gasteiger partial charge in [-0.05, 0) is 58.1 Å². The second-order valence-electron chi connectivity index (χ2n) is 6.57. The number of carbonyl (C=O) groups excluding carboxylic acids is 1. The lowest BCUT2D eigenvalue weighted by molar-refractivity contribution is 0.0184. The van der Waals surface area contributed by atoms with Crippen molar-refractivity contribution in [2.45, 2.75) is 45.6 Å². The molecule has 0 aromatic carbocycles. The topological polar surface area (TPSA) is 42.4 Å². The van der Waals surface area contributed by atoms with Gasteiger partial charge < -0.3 is 9.64 Å². The van der Waals surface area contributed by atoms with Crippen LogP contribution in [0.25, 0.3) is 0 Å². The molecular formula is C16H23ClN2O2. The molecule has 0 aliphatic carbocycles. The summed E-state index contributed by atoms with van der Waals surface area (Å²) in [6.45, 7) is 7.17. The van der Waals surface area contributed by atoms with Gasteiger partial charge in [0.05, 0.1) is 0 Å². The van der Waals surface area contributed by atoms with E-state index in [-0.39, 0.29) is 6.09 Å². The minimum atomic E-state index is -0.432. The Morgan fingerprint density at radius 1 is 1.38 bits per heavy atom. The van der Waals surface area contributed by atoms with Gasteiger partial charge in [0.2, 0.25) is 0 Å². The molecule has 1 aromatic rings. The fourth-order valence-corrected chi connectivity index (χ4v) is 2.69. The summed E-state index contributed by atoms with van der Waals surface area (Å²) in [6.07, 6.45) is 2.67. The quantitative estimate of drug-likeness (QED) is 0.777. The fraction of sp³-hybridized carbons (Fsp3) is 0.625. The highest BCUT2D eigenvalue weighted by Crippen LogP contribution is 2.23. The molecule has 0 unspecified atom stereocenters. The average Bonchev–Trinajstić information content (AvgIpc) is 2.37. The maximum atomic E-state index is 12.0. The summed E-state index contributed by atoms with van der Waals surface area (Å²) in [7, 11) is 0. The first-order chi connectivity index (χ1) is 9.83. The fourth-order valence-electron chi connectivity index (χ4n) is 2.51. The minimum Gasteiger partial charge on any atom is -0.444 e. The summed E-state index contributed by atoms with van der Waals surface area (Å²) in [5, 5.41) is 0.540. The molecule has 2 heterocycles. The second-order valence-corrected chi connectivity index (χ2v) is 6.95. The van der Waals surface area contributed by atoms with Gasteiger partial charge >= 0.3 is 6.09 Å². The third kappa shape index (κ3) is 5.20. The van der Waals surface area contributed by atoms with Gasteiger partial charge in [0.15, 0.2) is 0 Å². The molecule has 0 saturated carbocycles. The van der Waals surface area contributed by atoms with Gasteiger partial charge in [0, 0.05) is 18.8 Å². The van der Waals surface area contributed by atoms with Crippen LogP contribution in [0.5, 0.6) is 0 Å². The summed E-state index contributed by atoms with van der Waals surface area (Å²) in [5.41, 5.74) is 0.594. The van der Waals surface area contributed by atoms with E-state index in [2.05, 4.69) is 4.98 Å². The van der Waals surface area contributed by atoms with E-state index in [4.69, 9.17) is 16.3 Å². The summed E-state index contributed by atoms with van der Waals surface area (Å²) in [4.78, 5) is 18.1. The minimum absolute atomic E-state index is 0.207. The molecule has 0 atom stereocenters. The van der Waals surface area contributed by atoms with Crippen LogP contribution in [0.15, 0.2) is 18.2 Å². The number of carbonyl (C=O) groups is 1. The molecule has 0 radical (unpaired) electrons. The molecule has 5 heteroatoms. The number of hydrogen-bond donors (Lipinski definition) is 0. The van der Waals surface area contributed by atoms with Crippen molar-refractivity contribution < 1.29 is 9.53 Å². The number of rotatable bonds is 2. The second kappa shape index (κ2) is 6.65. The zero-order valence-corrected chi connectivity index (χ0v) is 13.7. The van der Waals surface area contributed by atoms with E-state index < -0.39 is 5.60 Å². The number of nitrogens with zero attached hydrogens (tertiary/aromatic N) is 2. The van der Waals surface area contributed by atoms with Crippen molar-refractivity contribution in [3.63, 3.8) is 0 Å². The molecule has 1 amide bonds. The Bertz CT molecular complexity index is 491. The Morgan fingerprint density at radius 2 is 2.05 bits per heavy atom. The van der Waals surface area contributed by atoms with Crippen LogP contribution in [0.2, 0.25) is 5.15 Å². The highest BCUT2D eigenvalue weighted by molar-refractivity contribution is 6.29. The molecule has 21 heavy (non-hydrogen) atoms. The molecule has 1 aromatic heterocycles. The Morgan fingerprint density at radius 3 is 2.62 bits per heavy atom. The first kappa shape index (κ1) is 16.1. The van der Waals surface area contributed by atoms with Crippen molar-refractivity contribution in [3.8, 4) is 0 Å². The van der Waals surface area contributed by atoms with Crippen LogP contribution in [-0.4, -0.2) is 34.7 Å². The molecule has 1 aliphatic rings. The van der Waals surface area contributed by atoms with Crippen molar-refractivity contribution in [1.82, 2.24) is 9.88 Å². The molecule has 116 valence electrons. The van der Waals surface area contributed by atoms with E-state index in [1.165, 1.54) is 0 Å². The van der Waals surface area contributed by atoms with Crippen LogP contribution in [0, 0.1) is 5.92 Å². The molecule has 0 spiro atoms. The molecule has 1 fully saturated rings. The Labute approximate surface area is 131 Å². The first-order valence-electron chi connectivity index (χ1n) is 7.43. The van der Waals surface area contributed by atoms with Crippen LogP contribution in [0.4, 0.5) is 4.79 Å². The molecular weight excluding hydrogens is 288 g/mol. The van der Waals surface area contributed by atoms with Crippen LogP contribution in [0.1, 0.15) is 39.3 Å². The third-order valence-corrected chi connectivity index (χ3v) is 3.75. The standard InChI is InChI=1S/C16H23ClN2O2/c1-16(2,3)21-15(20)19-9-7-12(8-10-19)11-13-5-4-6-14(17)18-13/h4-6,12H,7-11H2,1-3H3. The number of likely N-dealkylation sites (tertiary alicyclic amines) is 1. The molecule has 1 saturated heterocycles. The highest BCUT2D eigenvalue weighted by atomic mass is 35.5. The van der Waals surface area contributed by atoms with E-state index in [1.807, 2.05) is 32.9 Å². The summed E-state index contributed by atoms with van der Waals surface area (Å²) >= 11 is 5.91. The van der Waals surface area contributed by atoms with Crippen molar-refractivity contribution in [2.75, 3.05) is 13.1 Å². The van der Waals surface area contributed by atoms with E-state index in [9.17, 15) is 4.79 Å². The van der Waals surface area contributed by atoms with Crippen molar-refractivity contribution in [3.05, 3.63) is 29.0 Å². The SMILES string of the molecule is CC(C)(C)OC(=O)N1CCC(Cc2cccc(Cl)n2)CC1. The maximum absolute atomic E-state index is 12.0. The normalized spacial score (nSPS) is 16.9. The lowest BCUT2D eigenvalue weighted by Gasteiger charge is -2.33. The van der Waals surface area contributed by atoms with Gasteiger partial charge in [0.25, 0.3) is 0 Å². The summed E-state index contributed by atoms with van der Waals surface area (Å²) in [5.74, 6) is 0.551. The van der Waals surface area contributed by atoms with Crippen molar-refractivity contribution >= 4 is 17.7 Å². The zero-order chi connectivity index (χ0) is 15.5. The Kier molecular flexibility index (Phi) is 5.09. The van der Waals surface area contributed by atoms with Crippen molar-refractivity contribution in [2.24, 2.45) is 5.92 Å².